The smallest absolute Gasteiger partial charge is 0.257 e. The van der Waals surface area contributed by atoms with Crippen LogP contribution in [0.15, 0.2) is 43.1 Å². The lowest BCUT2D eigenvalue weighted by molar-refractivity contribution is 0.162. The molecule has 10 nitrogen and oxygen atoms in total. The molecule has 4 aromatic rings. The average Bonchev–Trinajstić information content (AvgIpc) is 3.24. The zero-order valence-corrected chi connectivity index (χ0v) is 18.2. The number of aromatic nitrogens is 6. The van der Waals surface area contributed by atoms with Crippen molar-refractivity contribution in [2.75, 3.05) is 38.2 Å². The molecule has 0 bridgehead atoms. The van der Waals surface area contributed by atoms with Crippen LogP contribution in [0.25, 0.3) is 22.3 Å². The van der Waals surface area contributed by atoms with E-state index in [1.54, 1.807) is 12.5 Å². The van der Waals surface area contributed by atoms with Crippen molar-refractivity contribution < 1.29 is 9.47 Å². The van der Waals surface area contributed by atoms with E-state index in [-0.39, 0.29) is 5.92 Å². The van der Waals surface area contributed by atoms with Gasteiger partial charge in [-0.05, 0) is 12.1 Å². The monoisotopic (exact) mass is 444 g/mol. The molecule has 6 heterocycles. The lowest BCUT2D eigenvalue weighted by atomic mass is 10.0. The molecule has 0 spiro atoms. The van der Waals surface area contributed by atoms with E-state index in [1.165, 1.54) is 0 Å². The van der Waals surface area contributed by atoms with E-state index in [0.29, 0.717) is 31.7 Å². The van der Waals surface area contributed by atoms with Crippen molar-refractivity contribution in [3.63, 3.8) is 0 Å². The summed E-state index contributed by atoms with van der Waals surface area (Å²) < 4.78 is 13.4. The Bertz CT molecular complexity index is 1300. The van der Waals surface area contributed by atoms with Crippen molar-refractivity contribution >= 4 is 16.9 Å². The number of hydrogen-bond donors (Lipinski definition) is 2. The van der Waals surface area contributed by atoms with Gasteiger partial charge in [-0.15, -0.1) is 0 Å². The van der Waals surface area contributed by atoms with Crippen molar-refractivity contribution in [2.45, 2.75) is 18.9 Å². The normalized spacial score (nSPS) is 16.4. The summed E-state index contributed by atoms with van der Waals surface area (Å²) in [7, 11) is 0. The fourth-order valence-electron chi connectivity index (χ4n) is 4.13. The summed E-state index contributed by atoms with van der Waals surface area (Å²) >= 11 is 0. The molecule has 1 saturated heterocycles. The number of hydrogen-bond acceptors (Lipinski definition) is 9. The van der Waals surface area contributed by atoms with Gasteiger partial charge in [-0.3, -0.25) is 0 Å². The Balaban J connectivity index is 1.19. The molecule has 2 aliphatic heterocycles. The second-order valence-electron chi connectivity index (χ2n) is 8.34. The molecule has 168 valence electrons. The summed E-state index contributed by atoms with van der Waals surface area (Å²) in [5.41, 5.74) is 3.71. The standard InChI is InChI=1S/C23H24N8O2/c1-14(18-2-3-25-23-21(18)32-4-5-33-23)8-26-20-7-19(28-13-29-20)15-6-16-10-30-31(17-11-24-12-17)22(16)27-9-15/h2-3,6-7,9-10,13-14,17,24H,4-5,8,11-12H2,1H3,(H,26,28,29)/t14-/m1/s1. The number of nitrogens with zero attached hydrogens (tertiary/aromatic N) is 6. The van der Waals surface area contributed by atoms with Gasteiger partial charge in [0.2, 0.25) is 0 Å². The average molecular weight is 444 g/mol. The zero-order valence-electron chi connectivity index (χ0n) is 18.2. The maximum absolute atomic E-state index is 5.81. The molecule has 6 rings (SSSR count). The Kier molecular flexibility index (Phi) is 4.99. The fraction of sp³-hybridized carbons (Fsp3) is 0.348. The Hall–Kier alpha value is -3.79. The Morgan fingerprint density at radius 2 is 2.03 bits per heavy atom. The van der Waals surface area contributed by atoms with E-state index in [0.717, 1.165) is 52.5 Å². The maximum atomic E-state index is 5.81. The van der Waals surface area contributed by atoms with Crippen LogP contribution >= 0.6 is 0 Å². The highest BCUT2D eigenvalue weighted by Crippen LogP contribution is 2.35. The van der Waals surface area contributed by atoms with Crippen molar-refractivity contribution in [1.29, 1.82) is 0 Å². The molecule has 0 radical (unpaired) electrons. The van der Waals surface area contributed by atoms with Crippen molar-refractivity contribution in [2.24, 2.45) is 0 Å². The van der Waals surface area contributed by atoms with E-state index < -0.39 is 0 Å². The third-order valence-electron chi connectivity index (χ3n) is 6.09. The molecule has 0 amide bonds. The topological polar surface area (TPSA) is 112 Å². The van der Waals surface area contributed by atoms with Crippen molar-refractivity contribution in [1.82, 2.24) is 35.0 Å². The molecule has 0 saturated carbocycles. The van der Waals surface area contributed by atoms with E-state index in [1.807, 2.05) is 29.2 Å². The fourth-order valence-corrected chi connectivity index (χ4v) is 4.13. The van der Waals surface area contributed by atoms with Crippen LogP contribution in [0.1, 0.15) is 24.4 Å². The first-order valence-electron chi connectivity index (χ1n) is 11.1. The van der Waals surface area contributed by atoms with Gasteiger partial charge in [0.05, 0.1) is 17.9 Å². The largest absolute Gasteiger partial charge is 0.484 e. The number of fused-ring (bicyclic) bond motifs is 2. The molecule has 2 N–H and O–H groups in total. The SMILES string of the molecule is C[C@H](CNc1cc(-c2cnc3c(cnn3C3CNC3)c2)ncn1)c1ccnc2c1OCCO2. The minimum Gasteiger partial charge on any atom is -0.484 e. The molecular formula is C23H24N8O2. The van der Waals surface area contributed by atoms with Gasteiger partial charge in [0.15, 0.2) is 11.4 Å². The summed E-state index contributed by atoms with van der Waals surface area (Å²) in [6.07, 6.45) is 7.05. The van der Waals surface area contributed by atoms with E-state index in [2.05, 4.69) is 48.7 Å². The predicted octanol–water partition coefficient (Wildman–Crippen LogP) is 2.41. The Labute approximate surface area is 190 Å². The highest BCUT2D eigenvalue weighted by Gasteiger charge is 2.22. The van der Waals surface area contributed by atoms with Crippen LogP contribution in [0.3, 0.4) is 0 Å². The highest BCUT2D eigenvalue weighted by atomic mass is 16.6. The highest BCUT2D eigenvalue weighted by molar-refractivity contribution is 5.80. The third kappa shape index (κ3) is 3.72. The zero-order chi connectivity index (χ0) is 22.2. The van der Waals surface area contributed by atoms with E-state index in [9.17, 15) is 0 Å². The van der Waals surface area contributed by atoms with E-state index in [4.69, 9.17) is 9.47 Å². The minimum absolute atomic E-state index is 0.173. The molecule has 1 fully saturated rings. The number of anilines is 1. The maximum Gasteiger partial charge on any atom is 0.257 e. The van der Waals surface area contributed by atoms with Crippen molar-refractivity contribution in [3.05, 3.63) is 48.7 Å². The summed E-state index contributed by atoms with van der Waals surface area (Å²) in [4.78, 5) is 17.8. The van der Waals surface area contributed by atoms with Gasteiger partial charge >= 0.3 is 0 Å². The molecule has 0 aliphatic carbocycles. The number of pyridine rings is 2. The molecule has 4 aromatic heterocycles. The predicted molar refractivity (Wildman–Crippen MR) is 123 cm³/mol. The lowest BCUT2D eigenvalue weighted by Gasteiger charge is -2.27. The lowest BCUT2D eigenvalue weighted by Crippen LogP contribution is -2.43. The van der Waals surface area contributed by atoms with Crippen LogP contribution < -0.4 is 20.1 Å². The van der Waals surface area contributed by atoms with Crippen LogP contribution in [0.2, 0.25) is 0 Å². The summed E-state index contributed by atoms with van der Waals surface area (Å²) in [6, 6.07) is 6.37. The van der Waals surface area contributed by atoms with Gasteiger partial charge in [0.25, 0.3) is 5.88 Å². The van der Waals surface area contributed by atoms with Gasteiger partial charge in [-0.2, -0.15) is 5.10 Å². The summed E-state index contributed by atoms with van der Waals surface area (Å²) in [5.74, 6) is 2.23. The number of ether oxygens (including phenoxy) is 2. The minimum atomic E-state index is 0.173. The van der Waals surface area contributed by atoms with Crippen LogP contribution in [0.4, 0.5) is 5.82 Å². The van der Waals surface area contributed by atoms with Crippen LogP contribution in [0, 0.1) is 0 Å². The van der Waals surface area contributed by atoms with Gasteiger partial charge in [0, 0.05) is 60.5 Å². The van der Waals surface area contributed by atoms with Crippen molar-refractivity contribution in [3.8, 4) is 22.9 Å². The molecule has 0 aromatic carbocycles. The number of rotatable bonds is 6. The van der Waals surface area contributed by atoms with E-state index >= 15 is 0 Å². The van der Waals surface area contributed by atoms with Gasteiger partial charge in [-0.1, -0.05) is 6.92 Å². The van der Waals surface area contributed by atoms with Gasteiger partial charge in [0.1, 0.15) is 25.4 Å². The van der Waals surface area contributed by atoms with Crippen LogP contribution in [-0.2, 0) is 0 Å². The van der Waals surface area contributed by atoms with Crippen LogP contribution in [-0.4, -0.2) is 62.6 Å². The van der Waals surface area contributed by atoms with Gasteiger partial charge < -0.3 is 20.1 Å². The quantitative estimate of drug-likeness (QED) is 0.463. The first-order valence-corrected chi connectivity index (χ1v) is 11.1. The molecule has 33 heavy (non-hydrogen) atoms. The Morgan fingerprint density at radius 3 is 2.91 bits per heavy atom. The Morgan fingerprint density at radius 1 is 1.12 bits per heavy atom. The van der Waals surface area contributed by atoms with Gasteiger partial charge in [-0.25, -0.2) is 24.6 Å². The second kappa shape index (κ2) is 8.28. The molecule has 1 atom stereocenters. The first-order chi connectivity index (χ1) is 16.3. The molecule has 0 unspecified atom stereocenters. The number of nitrogens with one attached hydrogen (secondary N) is 2. The third-order valence-corrected chi connectivity index (χ3v) is 6.09. The summed E-state index contributed by atoms with van der Waals surface area (Å²) in [6.45, 7) is 5.74. The molecular weight excluding hydrogens is 420 g/mol. The summed E-state index contributed by atoms with van der Waals surface area (Å²) in [5, 5.41) is 12.2. The molecule has 10 heteroatoms. The second-order valence-corrected chi connectivity index (χ2v) is 8.34. The van der Waals surface area contributed by atoms with Crippen LogP contribution in [0.5, 0.6) is 11.6 Å². The molecule has 2 aliphatic rings. The first kappa shape index (κ1) is 19.9.